The zero-order chi connectivity index (χ0) is 17.9. The van der Waals surface area contributed by atoms with Crippen molar-refractivity contribution in [2.45, 2.75) is 24.4 Å². The highest BCUT2D eigenvalue weighted by molar-refractivity contribution is 6.34. The second-order valence-corrected chi connectivity index (χ2v) is 7.82. The Balaban J connectivity index is 1.84. The van der Waals surface area contributed by atoms with Gasteiger partial charge in [-0.25, -0.2) is 0 Å². The quantitative estimate of drug-likeness (QED) is 0.244. The molecule has 0 bridgehead atoms. The molecular formula is C24H16O3. The third-order valence-electron chi connectivity index (χ3n) is 6.49. The van der Waals surface area contributed by atoms with Crippen molar-refractivity contribution in [3.05, 3.63) is 71.8 Å². The summed E-state index contributed by atoms with van der Waals surface area (Å²) in [5.74, 6) is 0. The lowest BCUT2D eigenvalue weighted by Gasteiger charge is -2.26. The molecule has 2 aliphatic rings. The van der Waals surface area contributed by atoms with Gasteiger partial charge in [0.1, 0.15) is 24.4 Å². The van der Waals surface area contributed by atoms with Gasteiger partial charge in [-0.3, -0.25) is 0 Å². The molecule has 5 aromatic rings. The molecule has 1 saturated heterocycles. The number of hydrogen-bond donors (Lipinski definition) is 2. The Hall–Kier alpha value is -2.72. The van der Waals surface area contributed by atoms with E-state index in [0.717, 1.165) is 16.5 Å². The Morgan fingerprint density at radius 1 is 0.704 bits per heavy atom. The molecule has 0 amide bonds. The van der Waals surface area contributed by atoms with Gasteiger partial charge in [-0.2, -0.15) is 0 Å². The maximum Gasteiger partial charge on any atom is 0.118 e. The number of aliphatic hydroxyl groups excluding tert-OH is 2. The predicted molar refractivity (Wildman–Crippen MR) is 106 cm³/mol. The van der Waals surface area contributed by atoms with E-state index in [1.54, 1.807) is 0 Å². The van der Waals surface area contributed by atoms with E-state index in [-0.39, 0.29) is 12.2 Å². The average molecular weight is 352 g/mol. The topological polar surface area (TPSA) is 53.0 Å². The highest BCUT2D eigenvalue weighted by Crippen LogP contribution is 2.55. The minimum atomic E-state index is -0.913. The van der Waals surface area contributed by atoms with E-state index < -0.39 is 12.2 Å². The minimum absolute atomic E-state index is 0.133. The highest BCUT2D eigenvalue weighted by Gasteiger charge is 2.54. The first-order chi connectivity index (χ1) is 13.2. The molecule has 0 unspecified atom stereocenters. The van der Waals surface area contributed by atoms with Crippen LogP contribution in [0.25, 0.3) is 43.1 Å². The van der Waals surface area contributed by atoms with Gasteiger partial charge < -0.3 is 14.9 Å². The van der Waals surface area contributed by atoms with Gasteiger partial charge in [-0.15, -0.1) is 0 Å². The molecule has 4 atom stereocenters. The van der Waals surface area contributed by atoms with Crippen molar-refractivity contribution in [2.24, 2.45) is 0 Å². The van der Waals surface area contributed by atoms with Crippen LogP contribution in [0.15, 0.2) is 60.7 Å². The van der Waals surface area contributed by atoms with Crippen LogP contribution in [0.1, 0.15) is 23.3 Å². The molecule has 1 aliphatic carbocycles. The molecule has 3 heteroatoms. The number of benzene rings is 5. The summed E-state index contributed by atoms with van der Waals surface area (Å²) in [6.07, 6.45) is -2.21. The van der Waals surface area contributed by atoms with Crippen LogP contribution in [0.3, 0.4) is 0 Å². The number of epoxide rings is 1. The minimum Gasteiger partial charge on any atom is -0.387 e. The number of aliphatic hydroxyl groups is 2. The Bertz CT molecular complexity index is 1400. The smallest absolute Gasteiger partial charge is 0.118 e. The van der Waals surface area contributed by atoms with Crippen LogP contribution in [-0.2, 0) is 4.74 Å². The molecule has 0 radical (unpaired) electrons. The Morgan fingerprint density at radius 2 is 1.44 bits per heavy atom. The fraction of sp³-hybridized carbons (Fsp3) is 0.167. The van der Waals surface area contributed by atoms with Gasteiger partial charge in [0.15, 0.2) is 0 Å². The second-order valence-electron chi connectivity index (χ2n) is 7.82. The molecule has 1 heterocycles. The van der Waals surface area contributed by atoms with E-state index in [1.807, 2.05) is 6.07 Å². The lowest BCUT2D eigenvalue weighted by molar-refractivity contribution is 0.000167. The van der Waals surface area contributed by atoms with Gasteiger partial charge in [0, 0.05) is 0 Å². The fourth-order valence-electron chi connectivity index (χ4n) is 5.28. The van der Waals surface area contributed by atoms with Crippen LogP contribution in [-0.4, -0.2) is 22.4 Å². The first-order valence-corrected chi connectivity index (χ1v) is 9.37. The molecule has 3 nitrogen and oxygen atoms in total. The van der Waals surface area contributed by atoms with Crippen molar-refractivity contribution < 1.29 is 14.9 Å². The summed E-state index contributed by atoms with van der Waals surface area (Å²) in [6.45, 7) is 0. The fourth-order valence-corrected chi connectivity index (χ4v) is 5.28. The van der Waals surface area contributed by atoms with Gasteiger partial charge >= 0.3 is 0 Å². The van der Waals surface area contributed by atoms with Crippen molar-refractivity contribution >= 4 is 43.1 Å². The highest BCUT2D eigenvalue weighted by atomic mass is 16.6. The lowest BCUT2D eigenvalue weighted by atomic mass is 9.79. The Kier molecular flexibility index (Phi) is 2.43. The Labute approximate surface area is 154 Å². The van der Waals surface area contributed by atoms with Crippen LogP contribution in [0, 0.1) is 0 Å². The average Bonchev–Trinajstić information content (AvgIpc) is 3.51. The number of rotatable bonds is 0. The van der Waals surface area contributed by atoms with Gasteiger partial charge in [-0.05, 0) is 60.3 Å². The van der Waals surface area contributed by atoms with E-state index in [2.05, 4.69) is 54.6 Å². The number of ether oxygens (including phenoxy) is 1. The first kappa shape index (κ1) is 14.4. The lowest BCUT2D eigenvalue weighted by Crippen LogP contribution is -2.29. The predicted octanol–water partition coefficient (Wildman–Crippen LogP) is 4.59. The largest absolute Gasteiger partial charge is 0.387 e. The van der Waals surface area contributed by atoms with Crippen LogP contribution in [0.4, 0.5) is 0 Å². The molecule has 130 valence electrons. The van der Waals surface area contributed by atoms with E-state index in [4.69, 9.17) is 4.74 Å². The van der Waals surface area contributed by atoms with E-state index in [1.165, 1.54) is 37.7 Å². The summed E-state index contributed by atoms with van der Waals surface area (Å²) in [5.41, 5.74) is 1.86. The van der Waals surface area contributed by atoms with Crippen molar-refractivity contribution in [2.75, 3.05) is 0 Å². The number of fused-ring (bicyclic) bond motifs is 7. The zero-order valence-electron chi connectivity index (χ0n) is 14.4. The van der Waals surface area contributed by atoms with Crippen LogP contribution < -0.4 is 0 Å². The summed E-state index contributed by atoms with van der Waals surface area (Å²) < 4.78 is 5.82. The second kappa shape index (κ2) is 4.57. The summed E-state index contributed by atoms with van der Waals surface area (Å²) in [7, 11) is 0. The van der Waals surface area contributed by atoms with E-state index in [9.17, 15) is 10.2 Å². The summed E-state index contributed by atoms with van der Waals surface area (Å²) in [4.78, 5) is 0. The third kappa shape index (κ3) is 1.60. The molecule has 1 fully saturated rings. The van der Waals surface area contributed by atoms with Crippen molar-refractivity contribution in [1.82, 2.24) is 0 Å². The summed E-state index contributed by atoms with van der Waals surface area (Å²) in [5, 5.41) is 30.8. The molecule has 1 aliphatic heterocycles. The maximum absolute atomic E-state index is 10.8. The molecule has 0 spiro atoms. The summed E-state index contributed by atoms with van der Waals surface area (Å²) in [6, 6.07) is 21.3. The zero-order valence-corrected chi connectivity index (χ0v) is 14.4. The maximum atomic E-state index is 10.8. The SMILES string of the molecule is O[C@@H]1[C@H]2O[C@H]2c2c(cc3ccc4cccc5c6ccccc6c2c3c45)[C@H]1O. The molecule has 2 N–H and O–H groups in total. The monoisotopic (exact) mass is 352 g/mol. The van der Waals surface area contributed by atoms with Gasteiger partial charge in [0.2, 0.25) is 0 Å². The molecule has 0 aromatic heterocycles. The van der Waals surface area contributed by atoms with Gasteiger partial charge in [0.25, 0.3) is 0 Å². The molecular weight excluding hydrogens is 336 g/mol. The van der Waals surface area contributed by atoms with Gasteiger partial charge in [0.05, 0.1) is 0 Å². The van der Waals surface area contributed by atoms with Crippen molar-refractivity contribution in [1.29, 1.82) is 0 Å². The van der Waals surface area contributed by atoms with Crippen LogP contribution in [0.2, 0.25) is 0 Å². The van der Waals surface area contributed by atoms with E-state index >= 15 is 0 Å². The molecule has 5 aromatic carbocycles. The molecule has 27 heavy (non-hydrogen) atoms. The number of hydrogen-bond acceptors (Lipinski definition) is 3. The molecule has 0 saturated carbocycles. The van der Waals surface area contributed by atoms with Crippen LogP contribution in [0.5, 0.6) is 0 Å². The van der Waals surface area contributed by atoms with Gasteiger partial charge in [-0.1, -0.05) is 54.6 Å². The first-order valence-electron chi connectivity index (χ1n) is 9.37. The van der Waals surface area contributed by atoms with E-state index in [0.29, 0.717) is 0 Å². The van der Waals surface area contributed by atoms with Crippen LogP contribution >= 0.6 is 0 Å². The standard InChI is InChI=1S/C24H16O3/c25-21-16-10-12-9-8-11-4-3-7-14-13-5-1-2-6-15(13)19(18(12)17(11)14)20(16)23-24(27-23)22(21)26/h1-10,21-26H/t21-,22+,23+,24-/m1/s1. The third-order valence-corrected chi connectivity index (χ3v) is 6.49. The summed E-state index contributed by atoms with van der Waals surface area (Å²) >= 11 is 0. The normalized spacial score (nSPS) is 26.7. The van der Waals surface area contributed by atoms with Crippen molar-refractivity contribution in [3.63, 3.8) is 0 Å². The van der Waals surface area contributed by atoms with Crippen molar-refractivity contribution in [3.8, 4) is 0 Å². The Morgan fingerprint density at radius 3 is 2.33 bits per heavy atom. The molecule has 7 rings (SSSR count).